The number of rotatable bonds is 7. The van der Waals surface area contributed by atoms with Crippen molar-refractivity contribution in [3.05, 3.63) is 29.6 Å². The number of halogens is 1. The molecule has 0 aliphatic heterocycles. The minimum Gasteiger partial charge on any atom is -0.371 e. The minimum atomic E-state index is -0.257. The van der Waals surface area contributed by atoms with Gasteiger partial charge in [0.05, 0.1) is 5.69 Å². The molecule has 0 fully saturated rings. The molecule has 0 aromatic heterocycles. The van der Waals surface area contributed by atoms with E-state index in [-0.39, 0.29) is 11.7 Å². The highest BCUT2D eigenvalue weighted by atomic mass is 19.1. The molecule has 112 valence electrons. The topological polar surface area (TPSA) is 44.4 Å². The number of hydrogen-bond acceptors (Lipinski definition) is 3. The van der Waals surface area contributed by atoms with E-state index in [2.05, 4.69) is 10.6 Å². The van der Waals surface area contributed by atoms with Crippen LogP contribution in [0.25, 0.3) is 0 Å². The van der Waals surface area contributed by atoms with Crippen LogP contribution >= 0.6 is 0 Å². The van der Waals surface area contributed by atoms with Gasteiger partial charge in [-0.1, -0.05) is 26.0 Å². The number of nitrogens with zero attached hydrogens (tertiary/aromatic N) is 1. The fourth-order valence-electron chi connectivity index (χ4n) is 1.95. The van der Waals surface area contributed by atoms with Crippen molar-refractivity contribution in [2.24, 2.45) is 0 Å². The van der Waals surface area contributed by atoms with Gasteiger partial charge in [-0.3, -0.25) is 4.79 Å². The van der Waals surface area contributed by atoms with Crippen LogP contribution in [-0.4, -0.2) is 32.6 Å². The third-order valence-corrected chi connectivity index (χ3v) is 3.11. The predicted molar refractivity (Wildman–Crippen MR) is 80.3 cm³/mol. The van der Waals surface area contributed by atoms with Crippen LogP contribution in [0, 0.1) is 5.82 Å². The predicted octanol–water partition coefficient (Wildman–Crippen LogP) is 1.90. The Bertz CT molecular complexity index is 449. The molecule has 1 aromatic rings. The molecule has 0 aliphatic carbocycles. The fraction of sp³-hybridized carbons (Fsp3) is 0.533. The summed E-state index contributed by atoms with van der Waals surface area (Å²) in [6.45, 7) is 5.19. The highest BCUT2D eigenvalue weighted by Gasteiger charge is 2.14. The van der Waals surface area contributed by atoms with Crippen molar-refractivity contribution >= 4 is 11.6 Å². The average Bonchev–Trinajstić information content (AvgIpc) is 2.42. The van der Waals surface area contributed by atoms with Crippen LogP contribution in [0.1, 0.15) is 25.8 Å². The summed E-state index contributed by atoms with van der Waals surface area (Å²) in [4.78, 5) is 13.1. The zero-order valence-electron chi connectivity index (χ0n) is 12.7. The second-order valence-corrected chi connectivity index (χ2v) is 5.13. The van der Waals surface area contributed by atoms with Crippen LogP contribution in [0.3, 0.4) is 0 Å². The summed E-state index contributed by atoms with van der Waals surface area (Å²) in [5.74, 6) is -0.303. The Hall–Kier alpha value is -1.62. The van der Waals surface area contributed by atoms with E-state index in [0.29, 0.717) is 31.2 Å². The number of anilines is 1. The summed E-state index contributed by atoms with van der Waals surface area (Å²) in [5, 5.41) is 5.86. The van der Waals surface area contributed by atoms with Crippen molar-refractivity contribution < 1.29 is 9.18 Å². The zero-order valence-corrected chi connectivity index (χ0v) is 12.7. The second kappa shape index (κ2) is 7.85. The SMILES string of the molecule is CNC(=O)CCN(C)c1c(F)cccc1CNC(C)C. The molecule has 0 heterocycles. The third-order valence-electron chi connectivity index (χ3n) is 3.11. The maximum Gasteiger partial charge on any atom is 0.221 e. The first-order chi connectivity index (χ1) is 9.45. The smallest absolute Gasteiger partial charge is 0.221 e. The van der Waals surface area contributed by atoms with E-state index in [0.717, 1.165) is 5.56 Å². The molecular formula is C15H24FN3O. The van der Waals surface area contributed by atoms with Gasteiger partial charge in [-0.2, -0.15) is 0 Å². The van der Waals surface area contributed by atoms with Crippen molar-refractivity contribution in [3.63, 3.8) is 0 Å². The van der Waals surface area contributed by atoms with E-state index >= 15 is 0 Å². The maximum atomic E-state index is 14.1. The first-order valence-electron chi connectivity index (χ1n) is 6.88. The molecule has 0 spiro atoms. The van der Waals surface area contributed by atoms with Gasteiger partial charge < -0.3 is 15.5 Å². The number of hydrogen-bond donors (Lipinski definition) is 2. The van der Waals surface area contributed by atoms with E-state index in [9.17, 15) is 9.18 Å². The van der Waals surface area contributed by atoms with Gasteiger partial charge >= 0.3 is 0 Å². The Morgan fingerprint density at radius 2 is 2.10 bits per heavy atom. The molecular weight excluding hydrogens is 257 g/mol. The summed E-state index contributed by atoms with van der Waals surface area (Å²) in [6.07, 6.45) is 0.346. The standard InChI is InChI=1S/C15H24FN3O/c1-11(2)18-10-12-6-5-7-13(16)15(12)19(4)9-8-14(20)17-3/h5-7,11,18H,8-10H2,1-4H3,(H,17,20). The molecule has 1 aromatic carbocycles. The molecule has 1 rings (SSSR count). The lowest BCUT2D eigenvalue weighted by atomic mass is 10.1. The summed E-state index contributed by atoms with van der Waals surface area (Å²) in [6, 6.07) is 5.40. The van der Waals surface area contributed by atoms with Crippen LogP contribution in [0.15, 0.2) is 18.2 Å². The molecule has 0 aliphatic rings. The van der Waals surface area contributed by atoms with Gasteiger partial charge in [-0.05, 0) is 11.6 Å². The van der Waals surface area contributed by atoms with E-state index in [4.69, 9.17) is 0 Å². The number of para-hydroxylation sites is 1. The van der Waals surface area contributed by atoms with E-state index in [1.165, 1.54) is 6.07 Å². The molecule has 20 heavy (non-hydrogen) atoms. The van der Waals surface area contributed by atoms with Gasteiger partial charge in [0.15, 0.2) is 0 Å². The van der Waals surface area contributed by atoms with Gasteiger partial charge in [0.1, 0.15) is 5.82 Å². The number of carbonyl (C=O) groups excluding carboxylic acids is 1. The van der Waals surface area contributed by atoms with Gasteiger partial charge in [-0.25, -0.2) is 4.39 Å². The molecule has 4 nitrogen and oxygen atoms in total. The van der Waals surface area contributed by atoms with Crippen molar-refractivity contribution in [1.29, 1.82) is 0 Å². The Kier molecular flexibility index (Phi) is 6.45. The molecule has 5 heteroatoms. The van der Waals surface area contributed by atoms with Crippen LogP contribution in [-0.2, 0) is 11.3 Å². The Morgan fingerprint density at radius 1 is 1.40 bits per heavy atom. The minimum absolute atomic E-state index is 0.0463. The van der Waals surface area contributed by atoms with Crippen molar-refractivity contribution in [1.82, 2.24) is 10.6 Å². The fourth-order valence-corrected chi connectivity index (χ4v) is 1.95. The van der Waals surface area contributed by atoms with Gasteiger partial charge in [-0.15, -0.1) is 0 Å². The normalized spacial score (nSPS) is 10.7. The Balaban J connectivity index is 2.82. The lowest BCUT2D eigenvalue weighted by molar-refractivity contribution is -0.120. The average molecular weight is 281 g/mol. The van der Waals surface area contributed by atoms with Crippen LogP contribution < -0.4 is 15.5 Å². The van der Waals surface area contributed by atoms with Crippen molar-refractivity contribution in [3.8, 4) is 0 Å². The van der Waals surface area contributed by atoms with Crippen LogP contribution in [0.5, 0.6) is 0 Å². The van der Waals surface area contributed by atoms with Crippen LogP contribution in [0.4, 0.5) is 10.1 Å². The molecule has 2 N–H and O–H groups in total. The molecule has 0 bridgehead atoms. The molecule has 0 unspecified atom stereocenters. The Morgan fingerprint density at radius 3 is 2.70 bits per heavy atom. The molecule has 0 atom stereocenters. The highest BCUT2D eigenvalue weighted by molar-refractivity contribution is 5.76. The van der Waals surface area contributed by atoms with Crippen LogP contribution in [0.2, 0.25) is 0 Å². The monoisotopic (exact) mass is 281 g/mol. The number of nitrogens with one attached hydrogen (secondary N) is 2. The number of carbonyl (C=O) groups is 1. The van der Waals surface area contributed by atoms with E-state index < -0.39 is 0 Å². The van der Waals surface area contributed by atoms with Gasteiger partial charge in [0, 0.05) is 39.6 Å². The first-order valence-corrected chi connectivity index (χ1v) is 6.88. The second-order valence-electron chi connectivity index (χ2n) is 5.13. The number of amides is 1. The highest BCUT2D eigenvalue weighted by Crippen LogP contribution is 2.23. The zero-order chi connectivity index (χ0) is 15.1. The maximum absolute atomic E-state index is 14.1. The third kappa shape index (κ3) is 4.81. The summed E-state index contributed by atoms with van der Waals surface area (Å²) in [5.41, 5.74) is 1.46. The van der Waals surface area contributed by atoms with Crippen molar-refractivity contribution in [2.75, 3.05) is 25.5 Å². The summed E-state index contributed by atoms with van der Waals surface area (Å²) in [7, 11) is 3.41. The quantitative estimate of drug-likeness (QED) is 0.802. The first kappa shape index (κ1) is 16.4. The molecule has 1 amide bonds. The lowest BCUT2D eigenvalue weighted by Crippen LogP contribution is -2.29. The molecule has 0 saturated heterocycles. The Labute approximate surface area is 120 Å². The van der Waals surface area contributed by atoms with E-state index in [1.54, 1.807) is 25.1 Å². The molecule has 0 radical (unpaired) electrons. The summed E-state index contributed by atoms with van der Waals surface area (Å²) >= 11 is 0. The summed E-state index contributed by atoms with van der Waals surface area (Å²) < 4.78 is 14.1. The van der Waals surface area contributed by atoms with Crippen molar-refractivity contribution in [2.45, 2.75) is 32.9 Å². The number of benzene rings is 1. The van der Waals surface area contributed by atoms with Gasteiger partial charge in [0.25, 0.3) is 0 Å². The van der Waals surface area contributed by atoms with E-state index in [1.807, 2.05) is 19.9 Å². The van der Waals surface area contributed by atoms with Gasteiger partial charge in [0.2, 0.25) is 5.91 Å². The largest absolute Gasteiger partial charge is 0.371 e. The molecule has 0 saturated carbocycles. The lowest BCUT2D eigenvalue weighted by Gasteiger charge is -2.23.